The molecule has 0 spiro atoms. The molecule has 36 heavy (non-hydrogen) atoms. The molecule has 0 saturated heterocycles. The summed E-state index contributed by atoms with van der Waals surface area (Å²) in [6.45, 7) is 1.69. The van der Waals surface area contributed by atoms with Crippen LogP contribution in [0, 0.1) is 5.82 Å². The van der Waals surface area contributed by atoms with Gasteiger partial charge in [0.15, 0.2) is 0 Å². The van der Waals surface area contributed by atoms with Crippen LogP contribution in [0.15, 0.2) is 62.6 Å². The van der Waals surface area contributed by atoms with E-state index in [1.165, 1.54) is 18.2 Å². The Morgan fingerprint density at radius 2 is 2.00 bits per heavy atom. The number of hydrogen-bond acceptors (Lipinski definition) is 7. The van der Waals surface area contributed by atoms with Crippen LogP contribution in [0.2, 0.25) is 5.02 Å². The molecule has 0 bridgehead atoms. The van der Waals surface area contributed by atoms with Crippen molar-refractivity contribution in [2.75, 3.05) is 6.61 Å². The number of hydrogen-bond donors (Lipinski definition) is 3. The summed E-state index contributed by atoms with van der Waals surface area (Å²) in [6.07, 6.45) is -0.748. The molecule has 1 aliphatic rings. The molecule has 188 valence electrons. The van der Waals surface area contributed by atoms with Gasteiger partial charge in [-0.05, 0) is 29.0 Å². The lowest BCUT2D eigenvalue weighted by Gasteiger charge is -2.27. The van der Waals surface area contributed by atoms with E-state index >= 15 is 4.39 Å². The van der Waals surface area contributed by atoms with E-state index in [1.54, 1.807) is 31.2 Å². The number of aromatic amines is 1. The van der Waals surface area contributed by atoms with Crippen LogP contribution in [0.3, 0.4) is 0 Å². The summed E-state index contributed by atoms with van der Waals surface area (Å²) in [6, 6.07) is 11.3. The fraction of sp³-hybridized carbons (Fsp3) is 0.250. The van der Waals surface area contributed by atoms with Gasteiger partial charge in [-0.15, -0.1) is 5.10 Å². The first-order valence-corrected chi connectivity index (χ1v) is 12.9. The summed E-state index contributed by atoms with van der Waals surface area (Å²) in [7, 11) is -4.38. The molecule has 0 fully saturated rings. The van der Waals surface area contributed by atoms with E-state index in [-0.39, 0.29) is 45.7 Å². The summed E-state index contributed by atoms with van der Waals surface area (Å²) in [5.74, 6) is -2.66. The molecular formula is C24H21ClFN3O6S. The number of halogens is 2. The third-order valence-electron chi connectivity index (χ3n) is 6.24. The summed E-state index contributed by atoms with van der Waals surface area (Å²) in [5, 5.41) is 17.8. The molecule has 1 aromatic heterocycles. The van der Waals surface area contributed by atoms with Gasteiger partial charge in [-0.1, -0.05) is 48.9 Å². The van der Waals surface area contributed by atoms with E-state index in [9.17, 15) is 18.3 Å². The molecule has 5 rings (SSSR count). The van der Waals surface area contributed by atoms with Gasteiger partial charge in [0.1, 0.15) is 22.5 Å². The second-order valence-electron chi connectivity index (χ2n) is 8.46. The lowest BCUT2D eigenvalue weighted by Crippen LogP contribution is -2.33. The number of benzene rings is 3. The Kier molecular flexibility index (Phi) is 6.33. The molecule has 0 saturated carbocycles. The number of aliphatic hydroxyl groups excluding tert-OH is 1. The molecule has 9 nitrogen and oxygen atoms in total. The first-order chi connectivity index (χ1) is 17.2. The SMILES string of the molecule is C[C@H](c1c(F)ccc2ccccc12)[C@H](NS(=O)(=O)c1ccc(Cl)c2c1OCC[C@@H]2O)c1n[nH]c(=O)o1. The zero-order chi connectivity index (χ0) is 25.6. The number of sulfonamides is 1. The van der Waals surface area contributed by atoms with E-state index in [4.69, 9.17) is 20.8 Å². The maximum atomic E-state index is 15.2. The number of fused-ring (bicyclic) bond motifs is 2. The minimum Gasteiger partial charge on any atom is -0.492 e. The van der Waals surface area contributed by atoms with Crippen LogP contribution in [0.4, 0.5) is 4.39 Å². The Labute approximate surface area is 209 Å². The third-order valence-corrected chi connectivity index (χ3v) is 8.04. The number of aromatic nitrogens is 2. The largest absolute Gasteiger partial charge is 0.492 e. The zero-order valence-corrected chi connectivity index (χ0v) is 20.4. The second-order valence-corrected chi connectivity index (χ2v) is 10.6. The molecule has 3 N–H and O–H groups in total. The molecule has 12 heteroatoms. The van der Waals surface area contributed by atoms with Gasteiger partial charge < -0.3 is 14.3 Å². The van der Waals surface area contributed by atoms with Gasteiger partial charge in [-0.2, -0.15) is 4.72 Å². The number of aliphatic hydroxyl groups is 1. The Hall–Kier alpha value is -3.25. The van der Waals surface area contributed by atoms with Crippen molar-refractivity contribution in [3.63, 3.8) is 0 Å². The zero-order valence-electron chi connectivity index (χ0n) is 18.9. The van der Waals surface area contributed by atoms with Crippen molar-refractivity contribution in [2.45, 2.75) is 36.3 Å². The van der Waals surface area contributed by atoms with Crippen molar-refractivity contribution >= 4 is 32.4 Å². The first kappa shape index (κ1) is 24.4. The average molecular weight is 534 g/mol. The van der Waals surface area contributed by atoms with E-state index in [2.05, 4.69) is 14.9 Å². The number of H-pyrrole nitrogens is 1. The van der Waals surface area contributed by atoms with E-state index in [0.717, 1.165) is 5.39 Å². The summed E-state index contributed by atoms with van der Waals surface area (Å²) < 4.78 is 55.6. The highest BCUT2D eigenvalue weighted by atomic mass is 35.5. The van der Waals surface area contributed by atoms with E-state index < -0.39 is 39.7 Å². The van der Waals surface area contributed by atoms with Gasteiger partial charge in [0, 0.05) is 23.5 Å². The normalized spacial score (nSPS) is 17.4. The molecule has 2 heterocycles. The van der Waals surface area contributed by atoms with Crippen molar-refractivity contribution in [3.05, 3.63) is 86.9 Å². The van der Waals surface area contributed by atoms with Crippen LogP contribution in [0.5, 0.6) is 5.75 Å². The van der Waals surface area contributed by atoms with Crippen LogP contribution in [-0.4, -0.2) is 30.3 Å². The van der Waals surface area contributed by atoms with Crippen molar-refractivity contribution in [1.82, 2.24) is 14.9 Å². The van der Waals surface area contributed by atoms with Crippen LogP contribution in [0.25, 0.3) is 10.8 Å². The molecular weight excluding hydrogens is 513 g/mol. The molecule has 0 amide bonds. The van der Waals surface area contributed by atoms with E-state index in [0.29, 0.717) is 5.39 Å². The smallest absolute Gasteiger partial charge is 0.434 e. The van der Waals surface area contributed by atoms with E-state index in [1.807, 2.05) is 6.07 Å². The van der Waals surface area contributed by atoms with Crippen molar-refractivity contribution in [2.24, 2.45) is 0 Å². The lowest BCUT2D eigenvalue weighted by atomic mass is 9.89. The lowest BCUT2D eigenvalue weighted by molar-refractivity contribution is 0.113. The van der Waals surface area contributed by atoms with Gasteiger partial charge in [0.25, 0.3) is 0 Å². The van der Waals surface area contributed by atoms with Gasteiger partial charge in [-0.3, -0.25) is 0 Å². The van der Waals surface area contributed by atoms with Crippen LogP contribution >= 0.6 is 11.6 Å². The van der Waals surface area contributed by atoms with Gasteiger partial charge in [-0.25, -0.2) is 22.7 Å². The summed E-state index contributed by atoms with van der Waals surface area (Å²) in [4.78, 5) is 11.5. The predicted octanol–water partition coefficient (Wildman–Crippen LogP) is 3.95. The highest BCUT2D eigenvalue weighted by Gasteiger charge is 2.36. The van der Waals surface area contributed by atoms with Gasteiger partial charge in [0.2, 0.25) is 15.9 Å². The second kappa shape index (κ2) is 9.32. The van der Waals surface area contributed by atoms with Crippen LogP contribution in [0.1, 0.15) is 48.4 Å². The quantitative estimate of drug-likeness (QED) is 0.341. The third kappa shape index (κ3) is 4.28. The number of nitrogens with zero attached hydrogens (tertiary/aromatic N) is 1. The first-order valence-electron chi connectivity index (χ1n) is 11.1. The summed E-state index contributed by atoms with van der Waals surface area (Å²) >= 11 is 6.21. The number of nitrogens with one attached hydrogen (secondary N) is 2. The Morgan fingerprint density at radius 1 is 1.22 bits per heavy atom. The fourth-order valence-corrected chi connectivity index (χ4v) is 6.21. The Morgan fingerprint density at radius 3 is 2.75 bits per heavy atom. The topological polar surface area (TPSA) is 135 Å². The molecule has 0 radical (unpaired) electrons. The highest BCUT2D eigenvalue weighted by Crippen LogP contribution is 2.43. The molecule has 0 unspecified atom stereocenters. The minimum absolute atomic E-state index is 0.0695. The molecule has 0 aliphatic carbocycles. The molecule has 1 aliphatic heterocycles. The van der Waals surface area contributed by atoms with Crippen LogP contribution in [-0.2, 0) is 10.0 Å². The monoisotopic (exact) mass is 533 g/mol. The standard InChI is InChI=1S/C24H21ClFN3O6S/c1-12(19-14-5-3-2-4-13(14)6-8-16(19)26)21(23-27-28-24(31)35-23)29-36(32,33)18-9-7-15(25)20-17(30)10-11-34-22(18)20/h2-9,12,17,21,29-30H,10-11H2,1H3,(H,28,31)/t12-,17+,21+/m1/s1. The maximum absolute atomic E-state index is 15.2. The molecule has 3 aromatic carbocycles. The van der Waals surface area contributed by atoms with Crippen molar-refractivity contribution in [1.29, 1.82) is 0 Å². The maximum Gasteiger partial charge on any atom is 0.434 e. The minimum atomic E-state index is -4.38. The predicted molar refractivity (Wildman–Crippen MR) is 129 cm³/mol. The molecule has 4 aromatic rings. The fourth-order valence-electron chi connectivity index (χ4n) is 4.51. The van der Waals surface area contributed by atoms with Crippen molar-refractivity contribution < 1.29 is 27.1 Å². The molecule has 3 atom stereocenters. The number of rotatable bonds is 6. The van der Waals surface area contributed by atoms with Gasteiger partial charge in [0.05, 0.1) is 17.7 Å². The van der Waals surface area contributed by atoms with Crippen molar-refractivity contribution in [3.8, 4) is 5.75 Å². The Bertz CT molecular complexity index is 1620. The summed E-state index contributed by atoms with van der Waals surface area (Å²) in [5.41, 5.74) is 0.387. The Balaban J connectivity index is 1.63. The number of ether oxygens (including phenoxy) is 1. The van der Waals surface area contributed by atoms with Crippen LogP contribution < -0.4 is 15.2 Å². The van der Waals surface area contributed by atoms with Gasteiger partial charge >= 0.3 is 5.76 Å². The average Bonchev–Trinajstić information content (AvgIpc) is 3.28. The highest BCUT2D eigenvalue weighted by molar-refractivity contribution is 7.89.